The highest BCUT2D eigenvalue weighted by Crippen LogP contribution is 2.43. The van der Waals surface area contributed by atoms with Gasteiger partial charge in [-0.05, 0) is 51.4 Å². The van der Waals surface area contributed by atoms with E-state index in [1.54, 1.807) is 0 Å². The zero-order valence-corrected chi connectivity index (χ0v) is 23.6. The van der Waals surface area contributed by atoms with Gasteiger partial charge in [0.2, 0.25) is 5.88 Å². The summed E-state index contributed by atoms with van der Waals surface area (Å²) >= 11 is 0.925. The number of benzene rings is 1. The van der Waals surface area contributed by atoms with E-state index >= 15 is 4.39 Å². The van der Waals surface area contributed by atoms with Gasteiger partial charge < -0.3 is 20.5 Å². The minimum Gasteiger partial charge on any atom is -0.472 e. The molecular weight excluding hydrogens is 567 g/mol. The Kier molecular flexibility index (Phi) is 6.60. The third-order valence-electron chi connectivity index (χ3n) is 8.76. The fourth-order valence-electron chi connectivity index (χ4n) is 6.64. The van der Waals surface area contributed by atoms with Gasteiger partial charge in [-0.1, -0.05) is 0 Å². The van der Waals surface area contributed by atoms with Gasteiger partial charge in [0.05, 0.1) is 21.2 Å². The second-order valence-electron chi connectivity index (χ2n) is 11.3. The third kappa shape index (κ3) is 4.31. The number of halogens is 3. The predicted molar refractivity (Wildman–Crippen MR) is 152 cm³/mol. The van der Waals surface area contributed by atoms with Crippen molar-refractivity contribution in [1.82, 2.24) is 25.2 Å². The third-order valence-corrected chi connectivity index (χ3v) is 9.79. The molecule has 6 heterocycles. The van der Waals surface area contributed by atoms with Crippen molar-refractivity contribution in [3.8, 4) is 29.2 Å². The van der Waals surface area contributed by atoms with Crippen LogP contribution in [0.3, 0.4) is 0 Å². The Morgan fingerprint density at radius 3 is 2.95 bits per heavy atom. The Hall–Kier alpha value is -3.73. The first-order valence-electron chi connectivity index (χ1n) is 14.0. The first-order valence-corrected chi connectivity index (χ1v) is 14.8. The number of hydrogen-bond acceptors (Lipinski definition) is 10. The molecule has 0 saturated carbocycles. The molecule has 0 aliphatic carbocycles. The molecule has 42 heavy (non-hydrogen) atoms. The van der Waals surface area contributed by atoms with E-state index in [-0.39, 0.29) is 73.5 Å². The summed E-state index contributed by atoms with van der Waals surface area (Å²) < 4.78 is 58.0. The van der Waals surface area contributed by atoms with E-state index in [4.69, 9.17) is 15.2 Å². The molecule has 9 nitrogen and oxygen atoms in total. The largest absolute Gasteiger partial charge is 0.472 e. The van der Waals surface area contributed by atoms with Crippen LogP contribution in [-0.2, 0) is 0 Å². The predicted octanol–water partition coefficient (Wildman–Crippen LogP) is 4.72. The number of fused-ring (bicyclic) bond motifs is 3. The smallest absolute Gasteiger partial charge is 0.320 e. The Labute approximate surface area is 243 Å². The maximum absolute atomic E-state index is 16.4. The minimum atomic E-state index is -0.926. The van der Waals surface area contributed by atoms with Crippen molar-refractivity contribution in [3.05, 3.63) is 35.5 Å². The van der Waals surface area contributed by atoms with Gasteiger partial charge in [-0.2, -0.15) is 15.2 Å². The van der Waals surface area contributed by atoms with E-state index in [0.717, 1.165) is 43.7 Å². The number of aromatic nitrogens is 3. The monoisotopic (exact) mass is 595 g/mol. The van der Waals surface area contributed by atoms with Crippen molar-refractivity contribution in [2.75, 3.05) is 32.0 Å². The second-order valence-corrected chi connectivity index (χ2v) is 12.4. The normalized spacial score (nSPS) is 25.7. The number of nitrogens with zero attached hydrogens (tertiary/aromatic N) is 5. The molecule has 0 amide bonds. The Balaban J connectivity index is 1.34. The van der Waals surface area contributed by atoms with E-state index in [9.17, 15) is 14.0 Å². The van der Waals surface area contributed by atoms with Gasteiger partial charge in [0.15, 0.2) is 5.82 Å². The van der Waals surface area contributed by atoms with Gasteiger partial charge in [0.1, 0.15) is 47.0 Å². The molecule has 3 fully saturated rings. The summed E-state index contributed by atoms with van der Waals surface area (Å²) in [4.78, 5) is 15.4. The lowest BCUT2D eigenvalue weighted by molar-refractivity contribution is 0.106. The molecular formula is C29H28F3N7O2S. The maximum Gasteiger partial charge on any atom is 0.320 e. The summed E-state index contributed by atoms with van der Waals surface area (Å²) in [5, 5.41) is 13.6. The SMILES string of the molecule is CC1NCCC1Oc1nc(OCC23CCCN2CC(F)C3)nc2c(F)c(-c3ccc(F)c4sc(N)c(C#N)c34)ncc12. The van der Waals surface area contributed by atoms with E-state index in [1.807, 2.05) is 13.0 Å². The molecule has 218 valence electrons. The molecule has 4 aromatic rings. The second kappa shape index (κ2) is 10.2. The van der Waals surface area contributed by atoms with Gasteiger partial charge in [-0.15, -0.1) is 11.3 Å². The van der Waals surface area contributed by atoms with Crippen LogP contribution in [0.1, 0.15) is 38.2 Å². The first kappa shape index (κ1) is 27.1. The minimum absolute atomic E-state index is 0.0447. The van der Waals surface area contributed by atoms with E-state index in [0.29, 0.717) is 13.0 Å². The van der Waals surface area contributed by atoms with Crippen molar-refractivity contribution in [2.24, 2.45) is 0 Å². The molecule has 4 unspecified atom stereocenters. The van der Waals surface area contributed by atoms with Crippen molar-refractivity contribution in [3.63, 3.8) is 0 Å². The van der Waals surface area contributed by atoms with E-state index in [1.165, 1.54) is 18.3 Å². The number of ether oxygens (including phenoxy) is 2. The van der Waals surface area contributed by atoms with Gasteiger partial charge in [0, 0.05) is 36.2 Å². The average Bonchev–Trinajstić information content (AvgIpc) is 3.71. The Morgan fingerprint density at radius 1 is 1.31 bits per heavy atom. The van der Waals surface area contributed by atoms with Gasteiger partial charge >= 0.3 is 6.01 Å². The number of nitriles is 1. The number of nitrogen functional groups attached to an aromatic ring is 1. The summed E-state index contributed by atoms with van der Waals surface area (Å²) in [5.41, 5.74) is 5.62. The molecule has 3 aliphatic heterocycles. The highest BCUT2D eigenvalue weighted by molar-refractivity contribution is 7.23. The number of alkyl halides is 1. The quantitative estimate of drug-likeness (QED) is 0.326. The number of pyridine rings is 1. The van der Waals surface area contributed by atoms with E-state index < -0.39 is 23.3 Å². The summed E-state index contributed by atoms with van der Waals surface area (Å²) in [5.74, 6) is -1.23. The Morgan fingerprint density at radius 2 is 2.17 bits per heavy atom. The number of anilines is 1. The van der Waals surface area contributed by atoms with Gasteiger partial charge in [0.25, 0.3) is 0 Å². The van der Waals surface area contributed by atoms with Crippen LogP contribution < -0.4 is 20.5 Å². The topological polar surface area (TPSA) is 122 Å². The fourth-order valence-corrected chi connectivity index (χ4v) is 7.59. The fraction of sp³-hybridized carbons (Fsp3) is 0.448. The van der Waals surface area contributed by atoms with Crippen molar-refractivity contribution in [2.45, 2.75) is 56.5 Å². The number of nitrogens with two attached hydrogens (primary N) is 1. The summed E-state index contributed by atoms with van der Waals surface area (Å²) in [6.45, 7) is 4.10. The maximum atomic E-state index is 16.4. The Bertz CT molecular complexity index is 1760. The molecule has 3 saturated heterocycles. The van der Waals surface area contributed by atoms with Crippen molar-refractivity contribution >= 4 is 37.3 Å². The molecule has 0 radical (unpaired) electrons. The lowest BCUT2D eigenvalue weighted by Gasteiger charge is -2.30. The summed E-state index contributed by atoms with van der Waals surface area (Å²) in [6, 6.07) is 4.54. The van der Waals surface area contributed by atoms with Crippen LogP contribution in [-0.4, -0.2) is 69.9 Å². The van der Waals surface area contributed by atoms with Gasteiger partial charge in [-0.25, -0.2) is 13.2 Å². The van der Waals surface area contributed by atoms with Crippen LogP contribution in [0.25, 0.3) is 32.2 Å². The number of hydrogen-bond donors (Lipinski definition) is 2. The van der Waals surface area contributed by atoms with Crippen molar-refractivity contribution < 1.29 is 22.6 Å². The van der Waals surface area contributed by atoms with Crippen molar-refractivity contribution in [1.29, 1.82) is 5.26 Å². The molecule has 7 rings (SSSR count). The molecule has 3 aliphatic rings. The molecule has 4 atom stereocenters. The molecule has 0 bridgehead atoms. The van der Waals surface area contributed by atoms with Crippen LogP contribution in [0.5, 0.6) is 11.9 Å². The zero-order valence-electron chi connectivity index (χ0n) is 22.8. The summed E-state index contributed by atoms with van der Waals surface area (Å²) in [7, 11) is 0. The molecule has 3 aromatic heterocycles. The van der Waals surface area contributed by atoms with Crippen LogP contribution >= 0.6 is 11.3 Å². The lowest BCUT2D eigenvalue weighted by atomic mass is 9.95. The highest BCUT2D eigenvalue weighted by Gasteiger charge is 2.49. The standard InChI is InChI=1S/C29H28F3N7O2S/c1-14-20(5-7-35-14)41-27-18-11-36-23(16-3-4-19(31)25-21(16)17(10-33)26(34)42-25)22(32)24(18)37-28(38-27)40-13-29-6-2-8-39(29)12-15(30)9-29/h3-4,11,14-15,20,35H,2,5-9,12-13,34H2,1H3. The van der Waals surface area contributed by atoms with Crippen LogP contribution in [0.4, 0.5) is 18.2 Å². The molecule has 3 N–H and O–H groups in total. The highest BCUT2D eigenvalue weighted by atomic mass is 32.1. The number of thiophene rings is 1. The zero-order chi connectivity index (χ0) is 29.2. The summed E-state index contributed by atoms with van der Waals surface area (Å²) in [6.07, 6.45) is 3.12. The van der Waals surface area contributed by atoms with Gasteiger partial charge in [-0.3, -0.25) is 9.88 Å². The lowest BCUT2D eigenvalue weighted by Crippen LogP contribution is -2.43. The number of nitrogens with one attached hydrogen (secondary N) is 1. The van der Waals surface area contributed by atoms with Crippen LogP contribution in [0, 0.1) is 23.0 Å². The number of rotatable bonds is 6. The molecule has 13 heteroatoms. The first-order chi connectivity index (χ1) is 20.3. The van der Waals surface area contributed by atoms with Crippen LogP contribution in [0.2, 0.25) is 0 Å². The van der Waals surface area contributed by atoms with Crippen LogP contribution in [0.15, 0.2) is 18.3 Å². The molecule has 0 spiro atoms. The molecule has 1 aromatic carbocycles. The average molecular weight is 596 g/mol. The van der Waals surface area contributed by atoms with E-state index in [2.05, 4.69) is 25.2 Å².